The molecule has 5 nitrogen and oxygen atoms in total. The van der Waals surface area contributed by atoms with Crippen molar-refractivity contribution in [1.82, 2.24) is 5.01 Å². The first-order valence-corrected chi connectivity index (χ1v) is 4.99. The van der Waals surface area contributed by atoms with Crippen molar-refractivity contribution in [1.29, 1.82) is 0 Å². The zero-order chi connectivity index (χ0) is 11.9. The second-order valence-corrected chi connectivity index (χ2v) is 3.99. The molecule has 0 aliphatic carbocycles. The number of aliphatic hydroxyl groups is 2. The van der Waals surface area contributed by atoms with E-state index in [-0.39, 0.29) is 6.54 Å². The molecule has 1 aliphatic heterocycles. The van der Waals surface area contributed by atoms with Gasteiger partial charge < -0.3 is 10.2 Å². The van der Waals surface area contributed by atoms with Gasteiger partial charge in [-0.25, -0.2) is 0 Å². The summed E-state index contributed by atoms with van der Waals surface area (Å²) in [6.07, 6.45) is 0. The molecular weight excluding hydrogens is 208 g/mol. The van der Waals surface area contributed by atoms with Gasteiger partial charge in [0, 0.05) is 7.05 Å². The molecule has 1 fully saturated rings. The first-order chi connectivity index (χ1) is 7.43. The molecule has 1 aliphatic rings. The minimum Gasteiger partial charge on any atom is -0.357 e. The summed E-state index contributed by atoms with van der Waals surface area (Å²) >= 11 is 0. The fraction of sp³-hybridized carbons (Fsp3) is 0.364. The van der Waals surface area contributed by atoms with Gasteiger partial charge in [-0.2, -0.15) is 0 Å². The van der Waals surface area contributed by atoms with Crippen LogP contribution in [-0.4, -0.2) is 40.5 Å². The number of hydrogen-bond acceptors (Lipinski definition) is 4. The number of hydrogen-bond donors (Lipinski definition) is 2. The molecule has 1 saturated heterocycles. The third-order valence-electron chi connectivity index (χ3n) is 2.76. The fourth-order valence-electron chi connectivity index (χ4n) is 1.85. The summed E-state index contributed by atoms with van der Waals surface area (Å²) in [5.74, 6) is -3.01. The fourth-order valence-corrected chi connectivity index (χ4v) is 1.85. The Hall–Kier alpha value is -1.59. The van der Waals surface area contributed by atoms with Crippen LogP contribution in [0, 0.1) is 6.92 Å². The standard InChI is InChI=1S/C11H14N2O3/c1-8-5-3-4-6-9(8)13-7-11(15,16)10(14)12(13)2/h3-6,15-16H,7H2,1-2H3. The number of carbonyl (C=O) groups is 1. The van der Waals surface area contributed by atoms with Crippen LogP contribution in [0.15, 0.2) is 24.3 Å². The molecule has 5 heteroatoms. The van der Waals surface area contributed by atoms with Gasteiger partial charge in [0.1, 0.15) is 6.54 Å². The van der Waals surface area contributed by atoms with Gasteiger partial charge in [0.2, 0.25) is 0 Å². The van der Waals surface area contributed by atoms with Crippen molar-refractivity contribution in [2.24, 2.45) is 0 Å². The molecule has 0 radical (unpaired) electrons. The Balaban J connectivity index is 2.38. The number of hydrazine groups is 1. The van der Waals surface area contributed by atoms with E-state index in [0.717, 1.165) is 11.3 Å². The van der Waals surface area contributed by atoms with E-state index in [2.05, 4.69) is 0 Å². The third kappa shape index (κ3) is 1.54. The topological polar surface area (TPSA) is 64.0 Å². The van der Waals surface area contributed by atoms with E-state index in [9.17, 15) is 15.0 Å². The van der Waals surface area contributed by atoms with E-state index >= 15 is 0 Å². The van der Waals surface area contributed by atoms with Crippen LogP contribution >= 0.6 is 0 Å². The number of nitrogens with zero attached hydrogens (tertiary/aromatic N) is 2. The average molecular weight is 222 g/mol. The molecule has 1 aromatic rings. The molecule has 1 aromatic carbocycles. The average Bonchev–Trinajstić information content (AvgIpc) is 2.43. The van der Waals surface area contributed by atoms with Gasteiger partial charge in [0.25, 0.3) is 5.79 Å². The molecule has 1 heterocycles. The highest BCUT2D eigenvalue weighted by Gasteiger charge is 2.47. The van der Waals surface area contributed by atoms with Crippen molar-refractivity contribution < 1.29 is 15.0 Å². The quantitative estimate of drug-likeness (QED) is 0.650. The predicted octanol–water partition coefficient (Wildman–Crippen LogP) is -0.131. The van der Waals surface area contributed by atoms with Gasteiger partial charge in [0.15, 0.2) is 0 Å². The molecule has 0 bridgehead atoms. The maximum absolute atomic E-state index is 11.5. The van der Waals surface area contributed by atoms with Crippen LogP contribution in [0.1, 0.15) is 5.56 Å². The van der Waals surface area contributed by atoms with E-state index in [1.807, 2.05) is 31.2 Å². The first kappa shape index (κ1) is 10.9. The van der Waals surface area contributed by atoms with Crippen molar-refractivity contribution in [2.45, 2.75) is 12.7 Å². The van der Waals surface area contributed by atoms with Gasteiger partial charge in [-0.05, 0) is 18.6 Å². The van der Waals surface area contributed by atoms with Crippen molar-refractivity contribution in [3.63, 3.8) is 0 Å². The van der Waals surface area contributed by atoms with Crippen LogP contribution in [0.4, 0.5) is 5.69 Å². The largest absolute Gasteiger partial charge is 0.357 e. The van der Waals surface area contributed by atoms with E-state index in [1.165, 1.54) is 12.1 Å². The van der Waals surface area contributed by atoms with Crippen LogP contribution in [0.25, 0.3) is 0 Å². The molecular formula is C11H14N2O3. The number of β-amino-alcohol motifs (C(OH)–C–C–N with tert-alkyl or cyclic N) is 2. The lowest BCUT2D eigenvalue weighted by molar-refractivity contribution is -0.177. The summed E-state index contributed by atoms with van der Waals surface area (Å²) in [5, 5.41) is 21.7. The van der Waals surface area contributed by atoms with Gasteiger partial charge in [0.05, 0.1) is 5.69 Å². The number of anilines is 1. The smallest absolute Gasteiger partial charge is 0.302 e. The maximum Gasteiger partial charge on any atom is 0.302 e. The number of amides is 1. The highest BCUT2D eigenvalue weighted by atomic mass is 16.5. The predicted molar refractivity (Wildman–Crippen MR) is 58.5 cm³/mol. The van der Waals surface area contributed by atoms with Gasteiger partial charge >= 0.3 is 5.91 Å². The number of para-hydroxylation sites is 1. The van der Waals surface area contributed by atoms with Crippen LogP contribution in [0.2, 0.25) is 0 Å². The van der Waals surface area contributed by atoms with E-state index in [4.69, 9.17) is 0 Å². The lowest BCUT2D eigenvalue weighted by Crippen LogP contribution is -2.40. The van der Waals surface area contributed by atoms with E-state index in [0.29, 0.717) is 0 Å². The Morgan fingerprint density at radius 3 is 2.44 bits per heavy atom. The molecule has 0 atom stereocenters. The third-order valence-corrected chi connectivity index (χ3v) is 2.76. The molecule has 0 unspecified atom stereocenters. The zero-order valence-electron chi connectivity index (χ0n) is 9.21. The molecule has 0 aromatic heterocycles. The van der Waals surface area contributed by atoms with Crippen LogP contribution in [-0.2, 0) is 4.79 Å². The summed E-state index contributed by atoms with van der Waals surface area (Å²) in [4.78, 5) is 11.5. The number of likely N-dealkylation sites (N-methyl/N-ethyl adjacent to an activating group) is 1. The normalized spacial score (nSPS) is 19.4. The molecule has 86 valence electrons. The second kappa shape index (κ2) is 3.47. The molecule has 0 saturated carbocycles. The Kier molecular flexibility index (Phi) is 2.36. The van der Waals surface area contributed by atoms with Gasteiger partial charge in [-0.1, -0.05) is 18.2 Å². The monoisotopic (exact) mass is 222 g/mol. The molecule has 2 rings (SSSR count). The van der Waals surface area contributed by atoms with Crippen molar-refractivity contribution in [3.05, 3.63) is 29.8 Å². The van der Waals surface area contributed by atoms with Crippen LogP contribution < -0.4 is 5.01 Å². The molecule has 2 N–H and O–H groups in total. The summed E-state index contributed by atoms with van der Waals surface area (Å²) < 4.78 is 0. The Labute approximate surface area is 93.5 Å². The first-order valence-electron chi connectivity index (χ1n) is 4.99. The Morgan fingerprint density at radius 2 is 1.94 bits per heavy atom. The minimum atomic E-state index is -2.29. The molecule has 1 amide bonds. The van der Waals surface area contributed by atoms with E-state index in [1.54, 1.807) is 5.01 Å². The second-order valence-electron chi connectivity index (χ2n) is 3.99. The number of rotatable bonds is 1. The number of aryl methyl sites for hydroxylation is 1. The van der Waals surface area contributed by atoms with E-state index < -0.39 is 11.7 Å². The van der Waals surface area contributed by atoms with Crippen molar-refractivity contribution in [3.8, 4) is 0 Å². The number of benzene rings is 1. The minimum absolute atomic E-state index is 0.146. The lowest BCUT2D eigenvalue weighted by atomic mass is 10.2. The van der Waals surface area contributed by atoms with Gasteiger partial charge in [-0.15, -0.1) is 0 Å². The van der Waals surface area contributed by atoms with Crippen LogP contribution in [0.3, 0.4) is 0 Å². The SMILES string of the molecule is Cc1ccccc1N1CC(O)(O)C(=O)N1C. The van der Waals surface area contributed by atoms with Crippen LogP contribution in [0.5, 0.6) is 0 Å². The Morgan fingerprint density at radius 1 is 1.31 bits per heavy atom. The van der Waals surface area contributed by atoms with Crippen molar-refractivity contribution in [2.75, 3.05) is 18.6 Å². The zero-order valence-corrected chi connectivity index (χ0v) is 9.21. The molecule has 0 spiro atoms. The summed E-state index contributed by atoms with van der Waals surface area (Å²) in [6, 6.07) is 7.47. The summed E-state index contributed by atoms with van der Waals surface area (Å²) in [7, 11) is 1.52. The highest BCUT2D eigenvalue weighted by molar-refractivity contribution is 5.88. The summed E-state index contributed by atoms with van der Waals surface area (Å²) in [6.45, 7) is 1.76. The highest BCUT2D eigenvalue weighted by Crippen LogP contribution is 2.27. The number of carbonyl (C=O) groups excluding carboxylic acids is 1. The van der Waals surface area contributed by atoms with Crippen molar-refractivity contribution >= 4 is 11.6 Å². The Bertz CT molecular complexity index is 431. The molecule has 16 heavy (non-hydrogen) atoms. The lowest BCUT2D eigenvalue weighted by Gasteiger charge is -2.26. The maximum atomic E-state index is 11.5. The van der Waals surface area contributed by atoms with Gasteiger partial charge in [-0.3, -0.25) is 14.8 Å². The summed E-state index contributed by atoms with van der Waals surface area (Å²) in [5.41, 5.74) is 1.77.